The summed E-state index contributed by atoms with van der Waals surface area (Å²) in [6, 6.07) is 5.28. The Morgan fingerprint density at radius 1 is 1.35 bits per heavy atom. The van der Waals surface area contributed by atoms with Gasteiger partial charge in [0.1, 0.15) is 11.4 Å². The van der Waals surface area contributed by atoms with E-state index >= 15 is 0 Å². The summed E-state index contributed by atoms with van der Waals surface area (Å²) in [5, 5.41) is 8.70. The average Bonchev–Trinajstić information content (AvgIpc) is 2.68. The van der Waals surface area contributed by atoms with E-state index in [-0.39, 0.29) is 11.4 Å². The molecule has 2 heterocycles. The summed E-state index contributed by atoms with van der Waals surface area (Å²) in [4.78, 5) is 25.5. The molecule has 2 aliphatic rings. The molecule has 0 radical (unpaired) electrons. The normalized spacial score (nSPS) is 25.2. The molecule has 5 nitrogen and oxygen atoms in total. The van der Waals surface area contributed by atoms with E-state index in [0.29, 0.717) is 23.3 Å². The Morgan fingerprint density at radius 3 is 2.96 bits per heavy atom. The molecule has 1 fully saturated rings. The summed E-state index contributed by atoms with van der Waals surface area (Å²) in [7, 11) is 2.10. The van der Waals surface area contributed by atoms with Crippen molar-refractivity contribution in [3.8, 4) is 5.75 Å². The smallest absolute Gasteiger partial charge is 0.328 e. The van der Waals surface area contributed by atoms with Gasteiger partial charge in [-0.3, -0.25) is 4.79 Å². The third kappa shape index (κ3) is 3.45. The Kier molecular flexibility index (Phi) is 4.22. The van der Waals surface area contributed by atoms with E-state index < -0.39 is 5.97 Å². The van der Waals surface area contributed by atoms with Crippen LogP contribution in [0.3, 0.4) is 0 Å². The van der Waals surface area contributed by atoms with Gasteiger partial charge in [-0.05, 0) is 50.2 Å². The number of ketones is 1. The zero-order valence-electron chi connectivity index (χ0n) is 13.2. The van der Waals surface area contributed by atoms with Crippen molar-refractivity contribution in [1.29, 1.82) is 0 Å². The lowest BCUT2D eigenvalue weighted by molar-refractivity contribution is -0.131. The van der Waals surface area contributed by atoms with Crippen LogP contribution in [0, 0.1) is 0 Å². The maximum Gasteiger partial charge on any atom is 0.328 e. The van der Waals surface area contributed by atoms with E-state index in [1.165, 1.54) is 6.08 Å². The van der Waals surface area contributed by atoms with Crippen molar-refractivity contribution < 1.29 is 19.4 Å². The number of Topliss-reactive ketones (excluding diaryl/α,β-unsaturated/α-hetero) is 1. The van der Waals surface area contributed by atoms with Gasteiger partial charge >= 0.3 is 5.97 Å². The Morgan fingerprint density at radius 2 is 2.17 bits per heavy atom. The standard InChI is InChI=1S/C18H21NO4/c1-19-9-2-7-18(8-10-19)12-15(20)14-11-13(4-6-17(21)22)3-5-16(14)23-18/h3-6,11H,2,7-10,12H2,1H3,(H,21,22). The SMILES string of the molecule is CN1CCCC2(CC1)CC(=O)c1cc(C=CC(=O)O)ccc1O2. The second kappa shape index (κ2) is 6.16. The molecule has 23 heavy (non-hydrogen) atoms. The Bertz CT molecular complexity index is 667. The van der Waals surface area contributed by atoms with Gasteiger partial charge in [0.2, 0.25) is 0 Å². The van der Waals surface area contributed by atoms with Gasteiger partial charge in [-0.25, -0.2) is 4.79 Å². The number of fused-ring (bicyclic) bond motifs is 1. The van der Waals surface area contributed by atoms with E-state index in [1.807, 2.05) is 0 Å². The molecule has 5 heteroatoms. The maximum atomic E-state index is 12.6. The first-order valence-corrected chi connectivity index (χ1v) is 7.93. The molecule has 1 atom stereocenters. The van der Waals surface area contributed by atoms with E-state index in [9.17, 15) is 9.59 Å². The summed E-state index contributed by atoms with van der Waals surface area (Å²) in [6.07, 6.45) is 5.73. The number of likely N-dealkylation sites (tertiary alicyclic amines) is 1. The van der Waals surface area contributed by atoms with Crippen molar-refractivity contribution >= 4 is 17.8 Å². The molecular weight excluding hydrogens is 294 g/mol. The number of hydrogen-bond acceptors (Lipinski definition) is 4. The molecule has 0 saturated carbocycles. The first-order valence-electron chi connectivity index (χ1n) is 7.93. The molecule has 1 spiro atoms. The first kappa shape index (κ1) is 15.7. The van der Waals surface area contributed by atoms with E-state index in [0.717, 1.165) is 38.4 Å². The molecule has 1 saturated heterocycles. The van der Waals surface area contributed by atoms with E-state index in [1.54, 1.807) is 18.2 Å². The van der Waals surface area contributed by atoms with Crippen LogP contribution < -0.4 is 4.74 Å². The zero-order chi connectivity index (χ0) is 16.4. The van der Waals surface area contributed by atoms with Crippen molar-refractivity contribution in [3.63, 3.8) is 0 Å². The molecule has 0 aliphatic carbocycles. The summed E-state index contributed by atoms with van der Waals surface area (Å²) in [5.74, 6) is -0.300. The third-order valence-corrected chi connectivity index (χ3v) is 4.65. The fraction of sp³-hybridized carbons (Fsp3) is 0.444. The Hall–Kier alpha value is -2.14. The van der Waals surface area contributed by atoms with Crippen molar-refractivity contribution in [2.45, 2.75) is 31.3 Å². The van der Waals surface area contributed by atoms with Crippen LogP contribution in [-0.2, 0) is 4.79 Å². The lowest BCUT2D eigenvalue weighted by Gasteiger charge is -2.37. The molecule has 3 rings (SSSR count). The number of ether oxygens (including phenoxy) is 1. The van der Waals surface area contributed by atoms with Crippen LogP contribution in [0.2, 0.25) is 0 Å². The Balaban J connectivity index is 1.86. The number of nitrogens with zero attached hydrogens (tertiary/aromatic N) is 1. The second-order valence-electron chi connectivity index (χ2n) is 6.47. The minimum absolute atomic E-state index is 0.0846. The molecule has 1 aromatic carbocycles. The van der Waals surface area contributed by atoms with E-state index in [2.05, 4.69) is 11.9 Å². The zero-order valence-corrected chi connectivity index (χ0v) is 13.2. The predicted molar refractivity (Wildman–Crippen MR) is 86.8 cm³/mol. The number of carboxylic acid groups (broad SMARTS) is 1. The van der Waals surface area contributed by atoms with Crippen LogP contribution in [0.4, 0.5) is 0 Å². The monoisotopic (exact) mass is 315 g/mol. The van der Waals surface area contributed by atoms with Gasteiger partial charge in [0.15, 0.2) is 5.78 Å². The van der Waals surface area contributed by atoms with Crippen molar-refractivity contribution in [1.82, 2.24) is 4.90 Å². The lowest BCUT2D eigenvalue weighted by Crippen LogP contribution is -2.42. The van der Waals surface area contributed by atoms with Gasteiger partial charge in [-0.15, -0.1) is 0 Å². The van der Waals surface area contributed by atoms with Crippen molar-refractivity contribution in [2.24, 2.45) is 0 Å². The van der Waals surface area contributed by atoms with Gasteiger partial charge in [0, 0.05) is 19.0 Å². The minimum Gasteiger partial charge on any atom is -0.486 e. The summed E-state index contributed by atoms with van der Waals surface area (Å²) >= 11 is 0. The summed E-state index contributed by atoms with van der Waals surface area (Å²) in [6.45, 7) is 1.97. The second-order valence-corrected chi connectivity index (χ2v) is 6.47. The predicted octanol–water partition coefficient (Wildman–Crippen LogP) is 2.60. The van der Waals surface area contributed by atoms with Crippen molar-refractivity contribution in [2.75, 3.05) is 20.1 Å². The van der Waals surface area contributed by atoms with Crippen LogP contribution >= 0.6 is 0 Å². The number of benzene rings is 1. The van der Waals surface area contributed by atoms with Gasteiger partial charge in [-0.2, -0.15) is 0 Å². The number of carboxylic acids is 1. The lowest BCUT2D eigenvalue weighted by atomic mass is 9.84. The number of aliphatic carboxylic acids is 1. The van der Waals surface area contributed by atoms with Crippen molar-refractivity contribution in [3.05, 3.63) is 35.4 Å². The van der Waals surface area contributed by atoms with Crippen LogP contribution in [0.25, 0.3) is 6.08 Å². The van der Waals surface area contributed by atoms with Crippen LogP contribution in [0.5, 0.6) is 5.75 Å². The molecule has 0 amide bonds. The highest BCUT2D eigenvalue weighted by atomic mass is 16.5. The molecule has 2 aliphatic heterocycles. The highest BCUT2D eigenvalue weighted by Crippen LogP contribution is 2.39. The number of carbonyl (C=O) groups is 2. The highest BCUT2D eigenvalue weighted by Gasteiger charge is 2.41. The largest absolute Gasteiger partial charge is 0.486 e. The number of hydrogen-bond donors (Lipinski definition) is 1. The Labute approximate surface area is 135 Å². The topological polar surface area (TPSA) is 66.8 Å². The molecule has 0 aromatic heterocycles. The molecular formula is C18H21NO4. The quantitative estimate of drug-likeness (QED) is 0.850. The maximum absolute atomic E-state index is 12.6. The fourth-order valence-corrected chi connectivity index (χ4v) is 3.36. The molecule has 122 valence electrons. The molecule has 1 N–H and O–H groups in total. The molecule has 1 aromatic rings. The van der Waals surface area contributed by atoms with Gasteiger partial charge in [-0.1, -0.05) is 6.07 Å². The van der Waals surface area contributed by atoms with Crippen LogP contribution in [-0.4, -0.2) is 47.5 Å². The molecule has 1 unspecified atom stereocenters. The molecule has 0 bridgehead atoms. The summed E-state index contributed by atoms with van der Waals surface area (Å²) < 4.78 is 6.25. The minimum atomic E-state index is -1.01. The van der Waals surface area contributed by atoms with Crippen LogP contribution in [0.15, 0.2) is 24.3 Å². The summed E-state index contributed by atoms with van der Waals surface area (Å²) in [5.41, 5.74) is 0.869. The first-order chi connectivity index (χ1) is 11.0. The fourth-order valence-electron chi connectivity index (χ4n) is 3.36. The van der Waals surface area contributed by atoms with Gasteiger partial charge in [0.25, 0.3) is 0 Å². The van der Waals surface area contributed by atoms with Gasteiger partial charge in [0.05, 0.1) is 12.0 Å². The van der Waals surface area contributed by atoms with E-state index in [4.69, 9.17) is 9.84 Å². The average molecular weight is 315 g/mol. The number of rotatable bonds is 2. The number of carbonyl (C=O) groups excluding carboxylic acids is 1. The van der Waals surface area contributed by atoms with Crippen LogP contribution in [0.1, 0.15) is 41.6 Å². The highest BCUT2D eigenvalue weighted by molar-refractivity contribution is 6.01. The third-order valence-electron chi connectivity index (χ3n) is 4.65. The van der Waals surface area contributed by atoms with Gasteiger partial charge < -0.3 is 14.7 Å².